The Morgan fingerprint density at radius 3 is 2.00 bits per heavy atom. The number of hydrogen-bond donors (Lipinski definition) is 1. The summed E-state index contributed by atoms with van der Waals surface area (Å²) in [5, 5.41) is 8.52. The third kappa shape index (κ3) is 5.47. The molecule has 0 saturated heterocycles. The average molecular weight is 95.9 g/mol. The van der Waals surface area contributed by atoms with Crippen molar-refractivity contribution >= 4 is 13.0 Å². The van der Waals surface area contributed by atoms with Gasteiger partial charge in [-0.25, -0.2) is 0 Å². The third-order valence-electron chi connectivity index (χ3n) is 0.455. The van der Waals surface area contributed by atoms with Crippen LogP contribution in [0.3, 0.4) is 0 Å². The van der Waals surface area contributed by atoms with Gasteiger partial charge >= 0.3 is 43.7 Å². The van der Waals surface area contributed by atoms with E-state index in [2.05, 4.69) is 7.49 Å². The van der Waals surface area contributed by atoms with Gasteiger partial charge < -0.3 is 0 Å². The summed E-state index contributed by atoms with van der Waals surface area (Å²) in [6.07, 6.45) is 1.61. The average Bonchev–Trinajstić information content (AvgIpc) is 1.27. The maximum absolute atomic E-state index is 8.52. The second kappa shape index (κ2) is 2.62. The molecular formula is C5H9BO. The van der Waals surface area contributed by atoms with E-state index in [0.29, 0.717) is 5.76 Å². The molecule has 2 heteroatoms. The van der Waals surface area contributed by atoms with Gasteiger partial charge in [-0.15, -0.1) is 0 Å². The summed E-state index contributed by atoms with van der Waals surface area (Å²) in [6, 6.07) is 0. The fourth-order valence-corrected chi connectivity index (χ4v) is 0.357. The zero-order chi connectivity index (χ0) is 5.86. The first-order valence-corrected chi connectivity index (χ1v) is 2.15. The molecule has 0 spiro atoms. The molecule has 0 atom stereocenters. The monoisotopic (exact) mass is 96.1 g/mol. The molecule has 0 heterocycles. The molecule has 0 aromatic carbocycles. The summed E-state index contributed by atoms with van der Waals surface area (Å²) >= 11 is 0. The molecule has 0 aliphatic carbocycles. The fourth-order valence-electron chi connectivity index (χ4n) is 0.357. The topological polar surface area (TPSA) is 20.2 Å². The first-order chi connectivity index (χ1) is 3.13. The van der Waals surface area contributed by atoms with Gasteiger partial charge in [0.15, 0.2) is 0 Å². The van der Waals surface area contributed by atoms with Crippen molar-refractivity contribution < 1.29 is 5.11 Å². The molecule has 0 bridgehead atoms. The van der Waals surface area contributed by atoms with Crippen LogP contribution in [0.5, 0.6) is 0 Å². The Bertz CT molecular complexity index is 101. The standard InChI is InChI=1S/C5H9BO/c1-4(6)3-5(2)7/h3,6-7H,1-2H3/b5-3-. The molecular weight excluding hydrogens is 86.9 g/mol. The number of aliphatic hydroxyl groups excluding tert-OH is 1. The zero-order valence-corrected chi connectivity index (χ0v) is 4.73. The Kier molecular flexibility index (Phi) is 2.42. The molecule has 7 heavy (non-hydrogen) atoms. The Morgan fingerprint density at radius 1 is 1.57 bits per heavy atom. The molecule has 0 aromatic rings. The van der Waals surface area contributed by atoms with E-state index < -0.39 is 0 Å². The van der Waals surface area contributed by atoms with Crippen molar-refractivity contribution in [3.8, 4) is 0 Å². The molecule has 1 N–H and O–H groups in total. The van der Waals surface area contributed by atoms with Gasteiger partial charge in [-0.05, 0) is 0 Å². The van der Waals surface area contributed by atoms with E-state index in [1.54, 1.807) is 13.0 Å². The van der Waals surface area contributed by atoms with Crippen molar-refractivity contribution in [1.29, 1.82) is 0 Å². The molecule has 0 fully saturated rings. The predicted molar refractivity (Wildman–Crippen MR) is 34.2 cm³/mol. The van der Waals surface area contributed by atoms with E-state index in [4.69, 9.17) is 5.11 Å². The molecule has 0 rings (SSSR count). The summed E-state index contributed by atoms with van der Waals surface area (Å²) < 4.78 is 0. The Morgan fingerprint density at radius 2 is 2.00 bits per heavy atom. The van der Waals surface area contributed by atoms with Crippen LogP contribution >= 0.6 is 0 Å². The van der Waals surface area contributed by atoms with Gasteiger partial charge in [-0.1, -0.05) is 0 Å². The van der Waals surface area contributed by atoms with Crippen molar-refractivity contribution in [3.63, 3.8) is 0 Å². The van der Waals surface area contributed by atoms with Gasteiger partial charge in [0.25, 0.3) is 0 Å². The van der Waals surface area contributed by atoms with Crippen molar-refractivity contribution in [3.05, 3.63) is 11.8 Å². The van der Waals surface area contributed by atoms with Crippen LogP contribution in [0.4, 0.5) is 0 Å². The van der Waals surface area contributed by atoms with Crippen LogP contribution in [-0.2, 0) is 0 Å². The Balaban J connectivity index is 3.68. The van der Waals surface area contributed by atoms with E-state index in [-0.39, 0.29) is 0 Å². The molecule has 0 amide bonds. The number of hydrogen-bond acceptors (Lipinski definition) is 1. The van der Waals surface area contributed by atoms with Gasteiger partial charge in [0.1, 0.15) is 0 Å². The number of allylic oxidation sites excluding steroid dienone is 2. The fraction of sp³-hybridized carbons (Fsp3) is 0.400. The summed E-state index contributed by atoms with van der Waals surface area (Å²) in [4.78, 5) is 0. The summed E-state index contributed by atoms with van der Waals surface area (Å²) in [5.74, 6) is 0.313. The van der Waals surface area contributed by atoms with Crippen molar-refractivity contribution in [2.75, 3.05) is 0 Å². The van der Waals surface area contributed by atoms with Gasteiger partial charge in [-0.2, -0.15) is 0 Å². The van der Waals surface area contributed by atoms with Crippen LogP contribution in [0.15, 0.2) is 11.8 Å². The second-order valence-corrected chi connectivity index (χ2v) is 1.63. The molecule has 0 aliphatic rings. The first-order valence-electron chi connectivity index (χ1n) is 2.15. The van der Waals surface area contributed by atoms with E-state index >= 15 is 0 Å². The number of aliphatic hydroxyl groups is 1. The van der Waals surface area contributed by atoms with Crippen LogP contribution in [0.1, 0.15) is 13.8 Å². The Labute approximate surface area is 44.7 Å². The second-order valence-electron chi connectivity index (χ2n) is 1.63. The third-order valence-corrected chi connectivity index (χ3v) is 0.455. The predicted octanol–water partition coefficient (Wildman–Crippen LogP) is 0.541. The van der Waals surface area contributed by atoms with E-state index in [1.165, 1.54) is 0 Å². The van der Waals surface area contributed by atoms with Crippen LogP contribution in [0.25, 0.3) is 0 Å². The van der Waals surface area contributed by atoms with Crippen LogP contribution in [-0.4, -0.2) is 18.1 Å². The van der Waals surface area contributed by atoms with Crippen molar-refractivity contribution in [1.82, 2.24) is 0 Å². The molecule has 0 saturated carbocycles. The minimum atomic E-state index is 0.313. The van der Waals surface area contributed by atoms with Crippen LogP contribution in [0, 0.1) is 0 Å². The van der Waals surface area contributed by atoms with Crippen LogP contribution < -0.4 is 0 Å². The molecule has 1 nitrogen and oxygen atoms in total. The van der Waals surface area contributed by atoms with E-state index in [9.17, 15) is 0 Å². The normalized spacial score (nSPS) is 11.3. The Hall–Kier alpha value is -0.525. The van der Waals surface area contributed by atoms with Crippen LogP contribution in [0.2, 0.25) is 0 Å². The van der Waals surface area contributed by atoms with E-state index in [0.717, 1.165) is 5.46 Å². The SMILES string of the molecule is B=C(C)/C=C(/C)O. The summed E-state index contributed by atoms with van der Waals surface area (Å²) in [6.45, 7) is 3.45. The summed E-state index contributed by atoms with van der Waals surface area (Å²) in [5.41, 5.74) is 0.875. The van der Waals surface area contributed by atoms with Crippen molar-refractivity contribution in [2.45, 2.75) is 13.8 Å². The molecule has 38 valence electrons. The molecule has 0 aliphatic heterocycles. The van der Waals surface area contributed by atoms with Gasteiger partial charge in [0.2, 0.25) is 0 Å². The quantitative estimate of drug-likeness (QED) is 0.373. The van der Waals surface area contributed by atoms with Gasteiger partial charge in [0.05, 0.1) is 0 Å². The first kappa shape index (κ1) is 6.47. The van der Waals surface area contributed by atoms with Gasteiger partial charge in [0, 0.05) is 0 Å². The molecule has 0 unspecified atom stereocenters. The molecule has 0 aromatic heterocycles. The minimum absolute atomic E-state index is 0.313. The summed E-state index contributed by atoms with van der Waals surface area (Å²) in [7, 11) is 3.56. The zero-order valence-electron chi connectivity index (χ0n) is 4.73. The van der Waals surface area contributed by atoms with Crippen molar-refractivity contribution in [2.24, 2.45) is 0 Å². The molecule has 0 radical (unpaired) electrons. The van der Waals surface area contributed by atoms with Gasteiger partial charge in [-0.3, -0.25) is 0 Å². The number of rotatable bonds is 1. The van der Waals surface area contributed by atoms with E-state index in [1.807, 2.05) is 6.92 Å². The maximum atomic E-state index is 8.52.